The summed E-state index contributed by atoms with van der Waals surface area (Å²) in [7, 11) is -3.66. The van der Waals surface area contributed by atoms with Gasteiger partial charge in [-0.2, -0.15) is 5.26 Å². The van der Waals surface area contributed by atoms with Gasteiger partial charge in [0.15, 0.2) is 0 Å². The standard InChI is InChI=1S/C13H9IN2O2S/c14-11-4-6-12(7-5-11)16-19(17,18)13-3-1-2-10(8-13)9-15/h1-8,16H. The van der Waals surface area contributed by atoms with E-state index in [1.54, 1.807) is 24.3 Å². The molecule has 2 aromatic rings. The quantitative estimate of drug-likeness (QED) is 0.828. The van der Waals surface area contributed by atoms with E-state index in [-0.39, 0.29) is 4.90 Å². The summed E-state index contributed by atoms with van der Waals surface area (Å²) in [6.07, 6.45) is 0. The summed E-state index contributed by atoms with van der Waals surface area (Å²) in [4.78, 5) is 0.0742. The second-order valence-corrected chi connectivity index (χ2v) is 6.68. The maximum atomic E-state index is 12.1. The smallest absolute Gasteiger partial charge is 0.261 e. The normalized spacial score (nSPS) is 10.7. The molecule has 19 heavy (non-hydrogen) atoms. The van der Waals surface area contributed by atoms with Crippen LogP contribution >= 0.6 is 22.6 Å². The van der Waals surface area contributed by atoms with E-state index >= 15 is 0 Å². The van der Waals surface area contributed by atoms with Crippen molar-refractivity contribution in [2.24, 2.45) is 0 Å². The number of halogens is 1. The van der Waals surface area contributed by atoms with Gasteiger partial charge in [0, 0.05) is 9.26 Å². The van der Waals surface area contributed by atoms with Crippen molar-refractivity contribution >= 4 is 38.3 Å². The lowest BCUT2D eigenvalue weighted by atomic mass is 10.2. The van der Waals surface area contributed by atoms with Gasteiger partial charge >= 0.3 is 0 Å². The van der Waals surface area contributed by atoms with Crippen molar-refractivity contribution in [3.05, 3.63) is 57.7 Å². The molecule has 0 saturated carbocycles. The molecule has 0 aliphatic carbocycles. The second-order valence-electron chi connectivity index (χ2n) is 3.75. The fourth-order valence-corrected chi connectivity index (χ4v) is 2.93. The van der Waals surface area contributed by atoms with Crippen LogP contribution in [0.3, 0.4) is 0 Å². The van der Waals surface area contributed by atoms with Crippen molar-refractivity contribution in [3.8, 4) is 6.07 Å². The van der Waals surface area contributed by atoms with Gasteiger partial charge in [-0.25, -0.2) is 8.42 Å². The van der Waals surface area contributed by atoms with Crippen molar-refractivity contribution in [1.82, 2.24) is 0 Å². The van der Waals surface area contributed by atoms with Gasteiger partial charge in [0.05, 0.1) is 16.5 Å². The summed E-state index contributed by atoms with van der Waals surface area (Å²) >= 11 is 2.14. The lowest BCUT2D eigenvalue weighted by Gasteiger charge is -2.08. The van der Waals surface area contributed by atoms with Gasteiger partial charge in [-0.15, -0.1) is 0 Å². The number of sulfonamides is 1. The van der Waals surface area contributed by atoms with E-state index in [1.807, 2.05) is 18.2 Å². The third kappa shape index (κ3) is 3.45. The van der Waals surface area contributed by atoms with Crippen LogP contribution in [0.25, 0.3) is 0 Å². The second kappa shape index (κ2) is 5.59. The highest BCUT2D eigenvalue weighted by Crippen LogP contribution is 2.18. The van der Waals surface area contributed by atoms with Crippen molar-refractivity contribution in [2.45, 2.75) is 4.90 Å². The molecule has 0 aliphatic heterocycles. The monoisotopic (exact) mass is 384 g/mol. The van der Waals surface area contributed by atoms with Gasteiger partial charge in [-0.05, 0) is 65.1 Å². The predicted octanol–water partition coefficient (Wildman–Crippen LogP) is 2.96. The fraction of sp³-hybridized carbons (Fsp3) is 0. The molecular weight excluding hydrogens is 375 g/mol. The lowest BCUT2D eigenvalue weighted by Crippen LogP contribution is -2.13. The number of anilines is 1. The van der Waals surface area contributed by atoms with Crippen LogP contribution in [0, 0.1) is 14.9 Å². The number of hydrogen-bond acceptors (Lipinski definition) is 3. The molecule has 0 fully saturated rings. The molecule has 0 unspecified atom stereocenters. The van der Waals surface area contributed by atoms with E-state index in [0.717, 1.165) is 3.57 Å². The maximum absolute atomic E-state index is 12.1. The highest BCUT2D eigenvalue weighted by atomic mass is 127. The summed E-state index contributed by atoms with van der Waals surface area (Å²) in [5.74, 6) is 0. The largest absolute Gasteiger partial charge is 0.280 e. The Morgan fingerprint density at radius 3 is 2.42 bits per heavy atom. The zero-order valence-corrected chi connectivity index (χ0v) is 12.6. The molecule has 1 N–H and O–H groups in total. The molecule has 0 aromatic heterocycles. The molecule has 4 nitrogen and oxygen atoms in total. The number of nitriles is 1. The summed E-state index contributed by atoms with van der Waals surface area (Å²) in [5.41, 5.74) is 0.799. The van der Waals surface area contributed by atoms with Crippen LogP contribution < -0.4 is 4.72 Å². The molecule has 0 bridgehead atoms. The average molecular weight is 384 g/mol. The Labute approximate surface area is 125 Å². The number of nitrogens with zero attached hydrogens (tertiary/aromatic N) is 1. The van der Waals surface area contributed by atoms with E-state index in [2.05, 4.69) is 27.3 Å². The Hall–Kier alpha value is -1.59. The zero-order valence-electron chi connectivity index (χ0n) is 9.67. The minimum absolute atomic E-state index is 0.0742. The van der Waals surface area contributed by atoms with Gasteiger partial charge in [0.25, 0.3) is 10.0 Å². The highest BCUT2D eigenvalue weighted by Gasteiger charge is 2.14. The number of benzene rings is 2. The Morgan fingerprint density at radius 1 is 1.11 bits per heavy atom. The average Bonchev–Trinajstić information content (AvgIpc) is 2.41. The number of rotatable bonds is 3. The summed E-state index contributed by atoms with van der Waals surface area (Å²) in [6.45, 7) is 0. The van der Waals surface area contributed by atoms with Crippen LogP contribution in [-0.2, 0) is 10.0 Å². The van der Waals surface area contributed by atoms with Crippen molar-refractivity contribution in [1.29, 1.82) is 5.26 Å². The minimum Gasteiger partial charge on any atom is -0.280 e. The molecule has 0 amide bonds. The Bertz CT molecular complexity index is 734. The Kier molecular flexibility index (Phi) is 4.07. The maximum Gasteiger partial charge on any atom is 0.261 e. The number of nitrogens with one attached hydrogen (secondary N) is 1. The Morgan fingerprint density at radius 2 is 1.79 bits per heavy atom. The summed E-state index contributed by atoms with van der Waals surface area (Å²) in [5, 5.41) is 8.78. The lowest BCUT2D eigenvalue weighted by molar-refractivity contribution is 0.601. The molecule has 0 aliphatic rings. The van der Waals surface area contributed by atoms with E-state index in [1.165, 1.54) is 12.1 Å². The number of hydrogen-bond donors (Lipinski definition) is 1. The van der Waals surface area contributed by atoms with E-state index in [0.29, 0.717) is 11.3 Å². The van der Waals surface area contributed by atoms with Gasteiger partial charge in [-0.3, -0.25) is 4.72 Å². The molecule has 0 radical (unpaired) electrons. The van der Waals surface area contributed by atoms with Crippen molar-refractivity contribution in [2.75, 3.05) is 4.72 Å². The summed E-state index contributed by atoms with van der Waals surface area (Å²) in [6, 6.07) is 14.8. The van der Waals surface area contributed by atoms with Gasteiger partial charge in [-0.1, -0.05) is 6.07 Å². The minimum atomic E-state index is -3.66. The fourth-order valence-electron chi connectivity index (χ4n) is 1.46. The van der Waals surface area contributed by atoms with Crippen LogP contribution in [0.4, 0.5) is 5.69 Å². The van der Waals surface area contributed by atoms with Crippen LogP contribution in [0.2, 0.25) is 0 Å². The van der Waals surface area contributed by atoms with Gasteiger partial charge in [0.1, 0.15) is 0 Å². The SMILES string of the molecule is N#Cc1cccc(S(=O)(=O)Nc2ccc(I)cc2)c1. The Balaban J connectivity index is 2.32. The molecular formula is C13H9IN2O2S. The molecule has 2 aromatic carbocycles. The van der Waals surface area contributed by atoms with Crippen molar-refractivity contribution in [3.63, 3.8) is 0 Å². The van der Waals surface area contributed by atoms with Crippen LogP contribution in [0.1, 0.15) is 5.56 Å². The highest BCUT2D eigenvalue weighted by molar-refractivity contribution is 14.1. The molecule has 6 heteroatoms. The first-order chi connectivity index (χ1) is 9.01. The van der Waals surface area contributed by atoms with Crippen LogP contribution in [-0.4, -0.2) is 8.42 Å². The van der Waals surface area contributed by atoms with Gasteiger partial charge < -0.3 is 0 Å². The van der Waals surface area contributed by atoms with E-state index in [9.17, 15) is 8.42 Å². The predicted molar refractivity (Wildman–Crippen MR) is 81.1 cm³/mol. The summed E-state index contributed by atoms with van der Waals surface area (Å²) < 4.78 is 27.8. The molecule has 0 saturated heterocycles. The third-order valence-electron chi connectivity index (χ3n) is 2.37. The van der Waals surface area contributed by atoms with E-state index < -0.39 is 10.0 Å². The molecule has 0 heterocycles. The molecule has 0 atom stereocenters. The first-order valence-electron chi connectivity index (χ1n) is 5.30. The third-order valence-corrected chi connectivity index (χ3v) is 4.47. The van der Waals surface area contributed by atoms with Crippen LogP contribution in [0.5, 0.6) is 0 Å². The molecule has 0 spiro atoms. The molecule has 2 rings (SSSR count). The topological polar surface area (TPSA) is 70.0 Å². The van der Waals surface area contributed by atoms with E-state index in [4.69, 9.17) is 5.26 Å². The first-order valence-corrected chi connectivity index (χ1v) is 7.86. The van der Waals surface area contributed by atoms with Crippen LogP contribution in [0.15, 0.2) is 53.4 Å². The van der Waals surface area contributed by atoms with Gasteiger partial charge in [0.2, 0.25) is 0 Å². The molecule has 96 valence electrons. The van der Waals surface area contributed by atoms with Crippen molar-refractivity contribution < 1.29 is 8.42 Å². The first kappa shape index (κ1) is 13.8. The zero-order chi connectivity index (χ0) is 13.9.